The molecule has 92 valence electrons. The van der Waals surface area contributed by atoms with Crippen LogP contribution in [-0.4, -0.2) is 34.3 Å². The van der Waals surface area contributed by atoms with Gasteiger partial charge < -0.3 is 17.2 Å². The topological polar surface area (TPSA) is 133 Å². The van der Waals surface area contributed by atoms with Gasteiger partial charge in [-0.05, 0) is 18.9 Å². The third kappa shape index (κ3) is 4.56. The average Bonchev–Trinajstić information content (AvgIpc) is 2.34. The molecule has 7 heteroatoms. The molecule has 1 rings (SSSR count). The van der Waals surface area contributed by atoms with E-state index in [2.05, 4.69) is 15.0 Å². The molecule has 0 bridgehead atoms. The predicted molar refractivity (Wildman–Crippen MR) is 64.2 cm³/mol. The van der Waals surface area contributed by atoms with E-state index in [-0.39, 0.29) is 17.6 Å². The molecule has 0 aromatic carbocycles. The third-order valence-corrected chi connectivity index (χ3v) is 2.09. The Balaban J connectivity index is 2.40. The molecular weight excluding hydrogens is 220 g/mol. The number of hydrogen-bond acceptors (Lipinski definition) is 5. The number of rotatable bonds is 6. The van der Waals surface area contributed by atoms with Crippen LogP contribution >= 0.6 is 0 Å². The summed E-state index contributed by atoms with van der Waals surface area (Å²) in [6.07, 6.45) is 4.14. The number of ketones is 1. The fourth-order valence-electron chi connectivity index (χ4n) is 1.24. The molecule has 6 N–H and O–H groups in total. The summed E-state index contributed by atoms with van der Waals surface area (Å²) in [6, 6.07) is 1.02. The van der Waals surface area contributed by atoms with Gasteiger partial charge in [-0.2, -0.15) is 0 Å². The van der Waals surface area contributed by atoms with E-state index >= 15 is 0 Å². The summed E-state index contributed by atoms with van der Waals surface area (Å²) in [5, 5.41) is 0. The molecule has 17 heavy (non-hydrogen) atoms. The molecular formula is C10H16N6O. The molecule has 0 aliphatic carbocycles. The Morgan fingerprint density at radius 1 is 1.35 bits per heavy atom. The summed E-state index contributed by atoms with van der Waals surface area (Å²) in [4.78, 5) is 23.2. The number of nitrogens with two attached hydrogens (primary N) is 3. The van der Waals surface area contributed by atoms with E-state index in [4.69, 9.17) is 17.2 Å². The maximum atomic E-state index is 11.7. The number of nitrogens with zero attached hydrogens (tertiary/aromatic N) is 3. The second-order valence-corrected chi connectivity index (χ2v) is 3.49. The Bertz CT molecular complexity index is 387. The van der Waals surface area contributed by atoms with E-state index in [1.165, 1.54) is 12.4 Å². The van der Waals surface area contributed by atoms with Crippen molar-refractivity contribution < 1.29 is 4.79 Å². The SMILES string of the molecule is NC(N)=NCCC[C@H](N)C(=O)c1ncccn1. The van der Waals surface area contributed by atoms with Crippen LogP contribution in [0, 0.1) is 0 Å². The Labute approximate surface area is 99.1 Å². The molecule has 0 fully saturated rings. The van der Waals surface area contributed by atoms with Crippen molar-refractivity contribution in [2.75, 3.05) is 6.54 Å². The van der Waals surface area contributed by atoms with Crippen LogP contribution in [0.5, 0.6) is 0 Å². The van der Waals surface area contributed by atoms with Gasteiger partial charge in [0.05, 0.1) is 6.04 Å². The van der Waals surface area contributed by atoms with Crippen LogP contribution in [0.3, 0.4) is 0 Å². The van der Waals surface area contributed by atoms with Crippen molar-refractivity contribution in [2.45, 2.75) is 18.9 Å². The van der Waals surface area contributed by atoms with Gasteiger partial charge in [0.2, 0.25) is 5.78 Å². The number of carbonyl (C=O) groups is 1. The first-order chi connectivity index (χ1) is 8.11. The zero-order valence-corrected chi connectivity index (χ0v) is 9.41. The molecule has 0 radical (unpaired) electrons. The standard InChI is InChI=1S/C10H16N6O/c11-7(3-1-4-16-10(12)13)8(17)9-14-5-2-6-15-9/h2,5-7H,1,3-4,11H2,(H4,12,13,16)/t7-/m0/s1. The van der Waals surface area contributed by atoms with Gasteiger partial charge in [0, 0.05) is 18.9 Å². The minimum Gasteiger partial charge on any atom is -0.370 e. The van der Waals surface area contributed by atoms with Crippen molar-refractivity contribution >= 4 is 11.7 Å². The van der Waals surface area contributed by atoms with Gasteiger partial charge >= 0.3 is 0 Å². The summed E-state index contributed by atoms with van der Waals surface area (Å²) < 4.78 is 0. The highest BCUT2D eigenvalue weighted by Gasteiger charge is 2.17. The molecule has 0 amide bonds. The molecule has 0 aliphatic heterocycles. The summed E-state index contributed by atoms with van der Waals surface area (Å²) in [7, 11) is 0. The van der Waals surface area contributed by atoms with Crippen molar-refractivity contribution in [2.24, 2.45) is 22.2 Å². The maximum absolute atomic E-state index is 11.7. The van der Waals surface area contributed by atoms with Crippen molar-refractivity contribution in [3.8, 4) is 0 Å². The van der Waals surface area contributed by atoms with Gasteiger partial charge in [-0.1, -0.05) is 0 Å². The predicted octanol–water partition coefficient (Wildman–Crippen LogP) is -0.960. The molecule has 1 aromatic rings. The van der Waals surface area contributed by atoms with Gasteiger partial charge in [-0.15, -0.1) is 0 Å². The molecule has 0 unspecified atom stereocenters. The summed E-state index contributed by atoms with van der Waals surface area (Å²) in [5.41, 5.74) is 16.1. The molecule has 1 atom stereocenters. The molecule has 0 spiro atoms. The molecule has 0 saturated heterocycles. The highest BCUT2D eigenvalue weighted by molar-refractivity contribution is 5.96. The number of aromatic nitrogens is 2. The van der Waals surface area contributed by atoms with E-state index in [0.29, 0.717) is 19.4 Å². The van der Waals surface area contributed by atoms with Crippen LogP contribution in [0.2, 0.25) is 0 Å². The summed E-state index contributed by atoms with van der Waals surface area (Å²) in [5.74, 6) is -0.0894. The minimum atomic E-state index is -0.619. The second kappa shape index (κ2) is 6.54. The van der Waals surface area contributed by atoms with E-state index < -0.39 is 6.04 Å². The van der Waals surface area contributed by atoms with Crippen molar-refractivity contribution in [1.29, 1.82) is 0 Å². The van der Waals surface area contributed by atoms with Crippen LogP contribution in [0.25, 0.3) is 0 Å². The molecule has 0 aliphatic rings. The Morgan fingerprint density at radius 3 is 2.59 bits per heavy atom. The number of Topliss-reactive ketones (excluding diaryl/α,β-unsaturated/α-hetero) is 1. The van der Waals surface area contributed by atoms with E-state index in [1.54, 1.807) is 6.07 Å². The number of carbonyl (C=O) groups excluding carboxylic acids is 1. The lowest BCUT2D eigenvalue weighted by Crippen LogP contribution is -2.32. The van der Waals surface area contributed by atoms with Crippen LogP contribution in [0.15, 0.2) is 23.5 Å². The molecule has 1 aromatic heterocycles. The highest BCUT2D eigenvalue weighted by Crippen LogP contribution is 2.01. The van der Waals surface area contributed by atoms with E-state index in [9.17, 15) is 4.79 Å². The van der Waals surface area contributed by atoms with Crippen molar-refractivity contribution in [1.82, 2.24) is 9.97 Å². The van der Waals surface area contributed by atoms with Crippen LogP contribution in [0.1, 0.15) is 23.5 Å². The first kappa shape index (κ1) is 13.0. The first-order valence-corrected chi connectivity index (χ1v) is 5.23. The lowest BCUT2D eigenvalue weighted by Gasteiger charge is -2.07. The Kier molecular flexibility index (Phi) is 5.02. The molecule has 0 saturated carbocycles. The molecule has 7 nitrogen and oxygen atoms in total. The van der Waals surface area contributed by atoms with E-state index in [0.717, 1.165) is 0 Å². The lowest BCUT2D eigenvalue weighted by molar-refractivity contribution is 0.0946. The Morgan fingerprint density at radius 2 is 2.00 bits per heavy atom. The monoisotopic (exact) mass is 236 g/mol. The fraction of sp³-hybridized carbons (Fsp3) is 0.400. The van der Waals surface area contributed by atoms with Gasteiger partial charge in [-0.3, -0.25) is 9.79 Å². The van der Waals surface area contributed by atoms with Crippen LogP contribution < -0.4 is 17.2 Å². The number of guanidine groups is 1. The quantitative estimate of drug-likeness (QED) is 0.252. The zero-order chi connectivity index (χ0) is 12.7. The third-order valence-electron chi connectivity index (χ3n) is 2.09. The lowest BCUT2D eigenvalue weighted by atomic mass is 10.1. The second-order valence-electron chi connectivity index (χ2n) is 3.49. The first-order valence-electron chi connectivity index (χ1n) is 5.23. The van der Waals surface area contributed by atoms with Crippen molar-refractivity contribution in [3.05, 3.63) is 24.3 Å². The molecule has 1 heterocycles. The maximum Gasteiger partial charge on any atom is 0.216 e. The van der Waals surface area contributed by atoms with Gasteiger partial charge in [0.25, 0.3) is 0 Å². The van der Waals surface area contributed by atoms with Crippen molar-refractivity contribution in [3.63, 3.8) is 0 Å². The zero-order valence-electron chi connectivity index (χ0n) is 9.41. The smallest absolute Gasteiger partial charge is 0.216 e. The number of aliphatic imine (C=N–C) groups is 1. The van der Waals surface area contributed by atoms with Gasteiger partial charge in [-0.25, -0.2) is 9.97 Å². The minimum absolute atomic E-state index is 0.0382. The van der Waals surface area contributed by atoms with Gasteiger partial charge in [0.15, 0.2) is 11.8 Å². The highest BCUT2D eigenvalue weighted by atomic mass is 16.1. The van der Waals surface area contributed by atoms with E-state index in [1.807, 2.05) is 0 Å². The summed E-state index contributed by atoms with van der Waals surface area (Å²) >= 11 is 0. The van der Waals surface area contributed by atoms with Crippen LogP contribution in [0.4, 0.5) is 0 Å². The largest absolute Gasteiger partial charge is 0.370 e. The number of hydrogen-bond donors (Lipinski definition) is 3. The Hall–Kier alpha value is -2.02. The van der Waals surface area contributed by atoms with Gasteiger partial charge in [0.1, 0.15) is 0 Å². The normalized spacial score (nSPS) is 11.8. The fourth-order valence-corrected chi connectivity index (χ4v) is 1.24. The van der Waals surface area contributed by atoms with Crippen LogP contribution in [-0.2, 0) is 0 Å². The summed E-state index contributed by atoms with van der Waals surface area (Å²) in [6.45, 7) is 0.457. The average molecular weight is 236 g/mol.